The van der Waals surface area contributed by atoms with E-state index in [1.165, 1.54) is 0 Å². The van der Waals surface area contributed by atoms with Gasteiger partial charge in [0.05, 0.1) is 0 Å². The number of esters is 1. The van der Waals surface area contributed by atoms with Gasteiger partial charge in [0.25, 0.3) is 0 Å². The Kier molecular flexibility index (Phi) is 6.93. The number of carbonyl (C=O) groups is 1. The van der Waals surface area contributed by atoms with Gasteiger partial charge in [-0.1, -0.05) is 0 Å². The summed E-state index contributed by atoms with van der Waals surface area (Å²) >= 11 is -1.27. The van der Waals surface area contributed by atoms with E-state index in [4.69, 9.17) is 4.74 Å². The zero-order chi connectivity index (χ0) is 9.56. The second-order valence-corrected chi connectivity index (χ2v) is 10.3. The summed E-state index contributed by atoms with van der Waals surface area (Å²) in [4.78, 5) is 15.9. The predicted molar refractivity (Wildman–Crippen MR) is 52.8 cm³/mol. The van der Waals surface area contributed by atoms with Crippen molar-refractivity contribution in [3.8, 4) is 0 Å². The van der Waals surface area contributed by atoms with Crippen LogP contribution in [0.1, 0.15) is 26.7 Å². The van der Waals surface area contributed by atoms with Crippen LogP contribution in [0, 0.1) is 0 Å². The Morgan fingerprint density at radius 2 is 2.00 bits per heavy atom. The standard InChI is InChI=1S/C7H13O2.2CH3.Sb/c1-3-5-6-7(8)9-4-2;;;/h6H,3-5H2,1-2H3;2*1H3;. The molecule has 0 radical (unpaired) electrons. The van der Waals surface area contributed by atoms with E-state index in [1.807, 2.05) is 6.92 Å². The summed E-state index contributed by atoms with van der Waals surface area (Å²) in [5.74, 6) is 0.0485. The summed E-state index contributed by atoms with van der Waals surface area (Å²) in [6, 6.07) is 0. The molecule has 0 saturated carbocycles. The first-order valence-electron chi connectivity index (χ1n) is 4.46. The molecule has 0 aromatic carbocycles. The molecule has 0 amide bonds. The molecule has 72 valence electrons. The molecule has 0 aliphatic carbocycles. The number of hydrogen-bond acceptors (Lipinski definition) is 2. The third kappa shape index (κ3) is 4.35. The van der Waals surface area contributed by atoms with E-state index in [0.29, 0.717) is 6.61 Å². The van der Waals surface area contributed by atoms with Crippen LogP contribution in [0.4, 0.5) is 0 Å². The summed E-state index contributed by atoms with van der Waals surface area (Å²) in [5.41, 5.74) is 0. The maximum absolute atomic E-state index is 11.4. The molecule has 0 saturated heterocycles. The number of ether oxygens (including phenoxy) is 1. The summed E-state index contributed by atoms with van der Waals surface area (Å²) < 4.78 is 5.30. The average Bonchev–Trinajstić information content (AvgIpc) is 1.99. The first-order valence-corrected chi connectivity index (χ1v) is 11.0. The van der Waals surface area contributed by atoms with Crippen molar-refractivity contribution in [2.75, 3.05) is 6.61 Å². The van der Waals surface area contributed by atoms with Crippen LogP contribution in [0.15, 0.2) is 0 Å². The first-order chi connectivity index (χ1) is 5.63. The molecule has 3 heteroatoms. The summed E-state index contributed by atoms with van der Waals surface area (Å²) in [6.07, 6.45) is 2.11. The van der Waals surface area contributed by atoms with Gasteiger partial charge in [-0.2, -0.15) is 0 Å². The van der Waals surface area contributed by atoms with Gasteiger partial charge >= 0.3 is 82.6 Å². The molecule has 1 unspecified atom stereocenters. The Bertz CT molecular complexity index is 134. The van der Waals surface area contributed by atoms with Gasteiger partial charge in [0.1, 0.15) is 0 Å². The van der Waals surface area contributed by atoms with Gasteiger partial charge in [-0.15, -0.1) is 0 Å². The van der Waals surface area contributed by atoms with Gasteiger partial charge < -0.3 is 0 Å². The third-order valence-corrected chi connectivity index (χ3v) is 6.64. The van der Waals surface area contributed by atoms with Crippen LogP contribution in [-0.4, -0.2) is 32.8 Å². The van der Waals surface area contributed by atoms with E-state index < -0.39 is 20.2 Å². The molecule has 0 rings (SSSR count). The third-order valence-electron chi connectivity index (χ3n) is 1.74. The Morgan fingerprint density at radius 3 is 2.33 bits per heavy atom. The van der Waals surface area contributed by atoms with E-state index in [2.05, 4.69) is 16.7 Å². The van der Waals surface area contributed by atoms with E-state index in [-0.39, 0.29) is 9.83 Å². The van der Waals surface area contributed by atoms with E-state index in [9.17, 15) is 4.79 Å². The number of carbonyl (C=O) groups excluding carboxylic acids is 1. The number of hydrogen-bond donors (Lipinski definition) is 0. The molecule has 2 nitrogen and oxygen atoms in total. The van der Waals surface area contributed by atoms with Gasteiger partial charge in [-0.3, -0.25) is 0 Å². The van der Waals surface area contributed by atoms with Crippen LogP contribution in [0.25, 0.3) is 0 Å². The minimum atomic E-state index is -1.27. The van der Waals surface area contributed by atoms with Crippen molar-refractivity contribution in [2.24, 2.45) is 0 Å². The molecule has 0 aromatic heterocycles. The van der Waals surface area contributed by atoms with Crippen LogP contribution in [0.3, 0.4) is 0 Å². The van der Waals surface area contributed by atoms with Crippen molar-refractivity contribution in [2.45, 2.75) is 40.3 Å². The number of rotatable bonds is 5. The van der Waals surface area contributed by atoms with Crippen LogP contribution in [-0.2, 0) is 9.53 Å². The molecule has 0 fully saturated rings. The second kappa shape index (κ2) is 6.77. The molecule has 0 bridgehead atoms. The minimum absolute atomic E-state index is 0.0485. The Balaban J connectivity index is 4.00. The average molecular weight is 281 g/mol. The van der Waals surface area contributed by atoms with Crippen molar-refractivity contribution in [3.05, 3.63) is 0 Å². The molecule has 0 aliphatic rings. The van der Waals surface area contributed by atoms with Gasteiger partial charge in [-0.25, -0.2) is 0 Å². The Morgan fingerprint density at radius 1 is 1.42 bits per heavy atom. The van der Waals surface area contributed by atoms with Crippen molar-refractivity contribution < 1.29 is 9.53 Å². The fourth-order valence-corrected chi connectivity index (χ4v) is 4.73. The van der Waals surface area contributed by atoms with Crippen molar-refractivity contribution >= 4 is 26.2 Å². The van der Waals surface area contributed by atoms with Crippen LogP contribution >= 0.6 is 0 Å². The van der Waals surface area contributed by atoms with E-state index >= 15 is 0 Å². The molecule has 0 N–H and O–H groups in total. The summed E-state index contributed by atoms with van der Waals surface area (Å²) in [5, 5.41) is 0. The summed E-state index contributed by atoms with van der Waals surface area (Å²) in [7, 11) is 0. The van der Waals surface area contributed by atoms with Crippen molar-refractivity contribution in [1.82, 2.24) is 0 Å². The van der Waals surface area contributed by atoms with Crippen LogP contribution < -0.4 is 0 Å². The monoisotopic (exact) mass is 280 g/mol. The van der Waals surface area contributed by atoms with Gasteiger partial charge in [0, 0.05) is 0 Å². The van der Waals surface area contributed by atoms with Gasteiger partial charge in [0.2, 0.25) is 0 Å². The predicted octanol–water partition coefficient (Wildman–Crippen LogP) is 2.47. The maximum atomic E-state index is 11.4. The fraction of sp³-hybridized carbons (Fsp3) is 0.889. The first kappa shape index (κ1) is 12.3. The Labute approximate surface area is 82.6 Å². The van der Waals surface area contributed by atoms with Crippen molar-refractivity contribution in [1.29, 1.82) is 0 Å². The zero-order valence-corrected chi connectivity index (χ0v) is 11.0. The zero-order valence-electron chi connectivity index (χ0n) is 8.46. The van der Waals surface area contributed by atoms with Gasteiger partial charge in [0.15, 0.2) is 0 Å². The molecule has 1 atom stereocenters. The van der Waals surface area contributed by atoms with E-state index in [0.717, 1.165) is 12.8 Å². The normalized spacial score (nSPS) is 13.1. The fourth-order valence-electron chi connectivity index (χ4n) is 1.10. The quantitative estimate of drug-likeness (QED) is 0.571. The molecule has 0 aliphatic heterocycles. The van der Waals surface area contributed by atoms with Gasteiger partial charge in [-0.05, 0) is 0 Å². The molecular weight excluding hydrogens is 262 g/mol. The van der Waals surface area contributed by atoms with Crippen molar-refractivity contribution in [3.63, 3.8) is 0 Å². The topological polar surface area (TPSA) is 26.3 Å². The van der Waals surface area contributed by atoms with E-state index in [1.54, 1.807) is 0 Å². The van der Waals surface area contributed by atoms with Crippen LogP contribution in [0.2, 0.25) is 13.6 Å². The van der Waals surface area contributed by atoms with Crippen LogP contribution in [0.5, 0.6) is 0 Å². The second-order valence-electron chi connectivity index (χ2n) is 3.02. The Hall–Kier alpha value is 0.288. The molecule has 0 heterocycles. The SMILES string of the molecule is CCC[CH](C(=O)OCC)[Sb]([CH3])[CH3]. The molecule has 0 spiro atoms. The summed E-state index contributed by atoms with van der Waals surface area (Å²) in [6.45, 7) is 4.51. The molecular formula is C9H19O2Sb. The molecule has 0 aromatic rings. The molecule has 12 heavy (non-hydrogen) atoms.